The maximum atomic E-state index is 12.3. The van der Waals surface area contributed by atoms with Crippen molar-refractivity contribution in [2.45, 2.75) is 12.8 Å². The zero-order chi connectivity index (χ0) is 19.8. The number of hydrogen-bond donors (Lipinski definition) is 3. The monoisotopic (exact) mass is 383 g/mol. The molecule has 1 aliphatic rings. The summed E-state index contributed by atoms with van der Waals surface area (Å²) in [6.45, 7) is 1.55. The molecule has 148 valence electrons. The van der Waals surface area contributed by atoms with Gasteiger partial charge in [0, 0.05) is 31.6 Å². The Morgan fingerprint density at radius 1 is 1.11 bits per heavy atom. The predicted octanol–water partition coefficient (Wildman–Crippen LogP) is 3.03. The van der Waals surface area contributed by atoms with E-state index >= 15 is 0 Å². The minimum atomic E-state index is -0.324. The quantitative estimate of drug-likeness (QED) is 0.641. The van der Waals surface area contributed by atoms with E-state index in [9.17, 15) is 9.59 Å². The van der Waals surface area contributed by atoms with Crippen molar-refractivity contribution in [1.29, 1.82) is 0 Å². The van der Waals surface area contributed by atoms with Crippen molar-refractivity contribution in [3.8, 4) is 5.75 Å². The first-order valence-electron chi connectivity index (χ1n) is 9.31. The van der Waals surface area contributed by atoms with Gasteiger partial charge in [-0.2, -0.15) is 0 Å². The molecule has 0 fully saturated rings. The van der Waals surface area contributed by atoms with Gasteiger partial charge in [-0.15, -0.1) is 0 Å². The molecule has 1 unspecified atom stereocenters. The molecule has 1 atom stereocenters. The summed E-state index contributed by atoms with van der Waals surface area (Å²) >= 11 is 0. The third-order valence-electron chi connectivity index (χ3n) is 4.45. The Hall–Kier alpha value is -3.06. The Bertz CT molecular complexity index is 811. The number of carbonyl (C=O) groups excluding carboxylic acids is 2. The number of hydrogen-bond acceptors (Lipinski definition) is 4. The van der Waals surface area contributed by atoms with Gasteiger partial charge >= 0.3 is 6.03 Å². The molecule has 7 heteroatoms. The number of anilines is 2. The highest BCUT2D eigenvalue weighted by Crippen LogP contribution is 2.30. The van der Waals surface area contributed by atoms with E-state index in [1.165, 1.54) is 0 Å². The second-order valence-electron chi connectivity index (χ2n) is 6.62. The molecule has 2 aromatic rings. The van der Waals surface area contributed by atoms with E-state index in [2.05, 4.69) is 16.0 Å². The predicted molar refractivity (Wildman–Crippen MR) is 108 cm³/mol. The van der Waals surface area contributed by atoms with Crippen LogP contribution < -0.4 is 20.7 Å². The molecule has 3 amide bonds. The van der Waals surface area contributed by atoms with Gasteiger partial charge in [0.1, 0.15) is 12.4 Å². The molecule has 28 heavy (non-hydrogen) atoms. The van der Waals surface area contributed by atoms with Crippen LogP contribution in [0.15, 0.2) is 48.5 Å². The molecule has 2 aromatic carbocycles. The first-order valence-corrected chi connectivity index (χ1v) is 9.31. The van der Waals surface area contributed by atoms with Crippen molar-refractivity contribution in [3.63, 3.8) is 0 Å². The van der Waals surface area contributed by atoms with Crippen molar-refractivity contribution in [1.82, 2.24) is 5.32 Å². The second kappa shape index (κ2) is 9.75. The smallest absolute Gasteiger partial charge is 0.323 e. The van der Waals surface area contributed by atoms with Crippen LogP contribution in [0.5, 0.6) is 5.75 Å². The first-order chi connectivity index (χ1) is 13.7. The summed E-state index contributed by atoms with van der Waals surface area (Å²) in [4.78, 5) is 24.5. The number of urea groups is 1. The molecule has 3 N–H and O–H groups in total. The third-order valence-corrected chi connectivity index (χ3v) is 4.45. The lowest BCUT2D eigenvalue weighted by Crippen LogP contribution is -2.38. The minimum absolute atomic E-state index is 0.0260. The Morgan fingerprint density at radius 2 is 1.89 bits per heavy atom. The summed E-state index contributed by atoms with van der Waals surface area (Å²) < 4.78 is 10.7. The van der Waals surface area contributed by atoms with E-state index in [-0.39, 0.29) is 17.9 Å². The topological polar surface area (TPSA) is 88.7 Å². The molecule has 0 aliphatic carbocycles. The van der Waals surface area contributed by atoms with Crippen molar-refractivity contribution in [3.05, 3.63) is 54.1 Å². The fourth-order valence-electron chi connectivity index (χ4n) is 3.03. The maximum Gasteiger partial charge on any atom is 0.323 e. The lowest BCUT2D eigenvalue weighted by atomic mass is 9.95. The highest BCUT2D eigenvalue weighted by molar-refractivity contribution is 5.99. The molecule has 0 spiro atoms. The molecule has 1 heterocycles. The van der Waals surface area contributed by atoms with Gasteiger partial charge in [-0.1, -0.05) is 18.2 Å². The van der Waals surface area contributed by atoms with Gasteiger partial charge in [0.05, 0.1) is 5.92 Å². The standard InChI is InChI=1S/C21H25N3O4/c1-27-11-5-10-22-20(25)16-12-15-13-18(8-9-19(15)28-14-16)24-21(26)23-17-6-3-2-4-7-17/h2-4,6-9,13,16H,5,10-12,14H2,1H3,(H,22,25)(H2,23,24,26). The van der Waals surface area contributed by atoms with E-state index in [4.69, 9.17) is 9.47 Å². The SMILES string of the molecule is COCCCNC(=O)C1COc2ccc(NC(=O)Nc3ccccc3)cc2C1. The highest BCUT2D eigenvalue weighted by Gasteiger charge is 2.26. The summed E-state index contributed by atoms with van der Waals surface area (Å²) in [5.41, 5.74) is 2.27. The van der Waals surface area contributed by atoms with Crippen LogP contribution in [0.1, 0.15) is 12.0 Å². The van der Waals surface area contributed by atoms with Crippen LogP contribution in [0.3, 0.4) is 0 Å². The number of para-hydroxylation sites is 1. The summed E-state index contributed by atoms with van der Waals surface area (Å²) in [7, 11) is 1.64. The number of fused-ring (bicyclic) bond motifs is 1. The van der Waals surface area contributed by atoms with Gasteiger partial charge in [0.25, 0.3) is 0 Å². The molecular weight excluding hydrogens is 358 g/mol. The van der Waals surface area contributed by atoms with Gasteiger partial charge in [0.15, 0.2) is 0 Å². The summed E-state index contributed by atoms with van der Waals surface area (Å²) in [5.74, 6) is 0.475. The molecular formula is C21H25N3O4. The van der Waals surface area contributed by atoms with Gasteiger partial charge < -0.3 is 25.4 Å². The molecule has 0 saturated heterocycles. The fraction of sp³-hybridized carbons (Fsp3) is 0.333. The molecule has 0 bridgehead atoms. The lowest BCUT2D eigenvalue weighted by Gasteiger charge is -2.25. The molecule has 0 aromatic heterocycles. The van der Waals surface area contributed by atoms with Gasteiger partial charge in [-0.05, 0) is 48.7 Å². The number of rotatable bonds is 7. The summed E-state index contributed by atoms with van der Waals surface area (Å²) in [6.07, 6.45) is 1.35. The van der Waals surface area contributed by atoms with Gasteiger partial charge in [-0.25, -0.2) is 4.79 Å². The van der Waals surface area contributed by atoms with Crippen LogP contribution in [0.2, 0.25) is 0 Å². The highest BCUT2D eigenvalue weighted by atomic mass is 16.5. The van der Waals surface area contributed by atoms with Crippen LogP contribution in [-0.4, -0.2) is 38.8 Å². The Kier molecular flexibility index (Phi) is 6.86. The van der Waals surface area contributed by atoms with Gasteiger partial charge in [-0.3, -0.25) is 4.79 Å². The van der Waals surface area contributed by atoms with E-state index in [1.807, 2.05) is 42.5 Å². The average Bonchev–Trinajstić information content (AvgIpc) is 2.71. The second-order valence-corrected chi connectivity index (χ2v) is 6.62. The zero-order valence-corrected chi connectivity index (χ0v) is 15.9. The largest absolute Gasteiger partial charge is 0.492 e. The van der Waals surface area contributed by atoms with Crippen LogP contribution in [0.4, 0.5) is 16.2 Å². The number of carbonyl (C=O) groups is 2. The number of nitrogens with one attached hydrogen (secondary N) is 3. The Balaban J connectivity index is 1.56. The normalized spacial score (nSPS) is 15.1. The maximum absolute atomic E-state index is 12.3. The molecule has 0 saturated carbocycles. The van der Waals surface area contributed by atoms with Crippen molar-refractivity contribution >= 4 is 23.3 Å². The van der Waals surface area contributed by atoms with Gasteiger partial charge in [0.2, 0.25) is 5.91 Å². The first kappa shape index (κ1) is 19.7. The van der Waals surface area contributed by atoms with E-state index in [1.54, 1.807) is 13.2 Å². The van der Waals surface area contributed by atoms with Crippen LogP contribution >= 0.6 is 0 Å². The molecule has 7 nitrogen and oxygen atoms in total. The minimum Gasteiger partial charge on any atom is -0.492 e. The van der Waals surface area contributed by atoms with Crippen molar-refractivity contribution < 1.29 is 19.1 Å². The number of benzene rings is 2. The summed E-state index contributed by atoms with van der Waals surface area (Å²) in [6, 6.07) is 14.4. The zero-order valence-electron chi connectivity index (χ0n) is 15.9. The van der Waals surface area contributed by atoms with E-state index < -0.39 is 0 Å². The van der Waals surface area contributed by atoms with E-state index in [0.29, 0.717) is 37.6 Å². The third kappa shape index (κ3) is 5.47. The summed E-state index contributed by atoms with van der Waals surface area (Å²) in [5, 5.41) is 8.50. The van der Waals surface area contributed by atoms with Crippen molar-refractivity contribution in [2.75, 3.05) is 37.5 Å². The Morgan fingerprint density at radius 3 is 2.68 bits per heavy atom. The molecule has 0 radical (unpaired) electrons. The fourth-order valence-corrected chi connectivity index (χ4v) is 3.03. The molecule has 3 rings (SSSR count). The number of methoxy groups -OCH3 is 1. The number of ether oxygens (including phenoxy) is 2. The van der Waals surface area contributed by atoms with E-state index in [0.717, 1.165) is 17.7 Å². The number of amides is 3. The van der Waals surface area contributed by atoms with Crippen molar-refractivity contribution in [2.24, 2.45) is 5.92 Å². The molecule has 1 aliphatic heterocycles. The Labute approximate surface area is 164 Å². The van der Waals surface area contributed by atoms with Crippen LogP contribution in [0.25, 0.3) is 0 Å². The lowest BCUT2D eigenvalue weighted by molar-refractivity contribution is -0.126. The van der Waals surface area contributed by atoms with Crippen LogP contribution in [-0.2, 0) is 16.0 Å². The van der Waals surface area contributed by atoms with Crippen LogP contribution in [0, 0.1) is 5.92 Å². The average molecular weight is 383 g/mol.